The number of aliphatic carboxylic acids is 1. The summed E-state index contributed by atoms with van der Waals surface area (Å²) in [5, 5.41) is 8.89. The lowest BCUT2D eigenvalue weighted by Gasteiger charge is -2.24. The first-order valence-corrected chi connectivity index (χ1v) is 5.68. The molecule has 1 aliphatic carbocycles. The van der Waals surface area contributed by atoms with Crippen LogP contribution in [0.4, 0.5) is 0 Å². The number of hydrogen-bond donors (Lipinski definition) is 1. The molecule has 0 bridgehead atoms. The summed E-state index contributed by atoms with van der Waals surface area (Å²) in [6, 6.07) is 0. The first-order chi connectivity index (χ1) is 7.66. The van der Waals surface area contributed by atoms with Gasteiger partial charge >= 0.3 is 11.9 Å². The van der Waals surface area contributed by atoms with Crippen LogP contribution >= 0.6 is 0 Å². The van der Waals surface area contributed by atoms with Gasteiger partial charge in [0.2, 0.25) is 0 Å². The van der Waals surface area contributed by atoms with E-state index in [4.69, 9.17) is 14.6 Å². The second kappa shape index (κ2) is 4.82. The average molecular weight is 228 g/mol. The fraction of sp³-hybridized carbons (Fsp3) is 0.818. The normalized spacial score (nSPS) is 33.1. The molecule has 1 aliphatic heterocycles. The number of hydrogen-bond acceptors (Lipinski definition) is 4. The Labute approximate surface area is 93.7 Å². The third kappa shape index (κ3) is 2.95. The van der Waals surface area contributed by atoms with Crippen LogP contribution in [0.2, 0.25) is 0 Å². The highest BCUT2D eigenvalue weighted by atomic mass is 16.6. The predicted molar refractivity (Wildman–Crippen MR) is 53.8 cm³/mol. The maximum atomic E-state index is 11.6. The van der Waals surface area contributed by atoms with Crippen molar-refractivity contribution in [3.8, 4) is 0 Å². The summed E-state index contributed by atoms with van der Waals surface area (Å²) in [5.74, 6) is -1.69. The van der Waals surface area contributed by atoms with Crippen LogP contribution in [0.3, 0.4) is 0 Å². The largest absolute Gasteiger partial charge is 0.481 e. The Morgan fingerprint density at radius 2 is 2.00 bits per heavy atom. The molecule has 0 aromatic heterocycles. The van der Waals surface area contributed by atoms with Crippen LogP contribution in [0, 0.1) is 11.8 Å². The molecule has 16 heavy (non-hydrogen) atoms. The highest BCUT2D eigenvalue weighted by Gasteiger charge is 2.33. The second-order valence-electron chi connectivity index (χ2n) is 4.48. The zero-order valence-electron chi connectivity index (χ0n) is 9.05. The van der Waals surface area contributed by atoms with Gasteiger partial charge in [-0.3, -0.25) is 9.59 Å². The predicted octanol–water partition coefficient (Wildman–Crippen LogP) is 0.819. The molecule has 0 amide bonds. The van der Waals surface area contributed by atoms with E-state index in [1.165, 1.54) is 0 Å². The maximum Gasteiger partial charge on any atom is 0.309 e. The maximum absolute atomic E-state index is 11.6. The van der Waals surface area contributed by atoms with Crippen molar-refractivity contribution in [2.24, 2.45) is 11.8 Å². The molecule has 3 atom stereocenters. The van der Waals surface area contributed by atoms with Crippen LogP contribution in [0.1, 0.15) is 25.7 Å². The first-order valence-electron chi connectivity index (χ1n) is 5.68. The molecule has 5 nitrogen and oxygen atoms in total. The Kier molecular flexibility index (Phi) is 3.43. The van der Waals surface area contributed by atoms with Crippen LogP contribution < -0.4 is 0 Å². The van der Waals surface area contributed by atoms with E-state index >= 15 is 0 Å². The van der Waals surface area contributed by atoms with E-state index in [0.717, 1.165) is 12.8 Å². The van der Waals surface area contributed by atoms with Crippen molar-refractivity contribution in [3.63, 3.8) is 0 Å². The Morgan fingerprint density at radius 1 is 1.31 bits per heavy atom. The molecular formula is C11H16O5. The van der Waals surface area contributed by atoms with Crippen LogP contribution in [0.15, 0.2) is 0 Å². The molecule has 3 unspecified atom stereocenters. The monoisotopic (exact) mass is 228 g/mol. The zero-order valence-corrected chi connectivity index (χ0v) is 9.05. The topological polar surface area (TPSA) is 76.1 Å². The Hall–Kier alpha value is -1.10. The molecule has 1 saturated carbocycles. The molecule has 0 radical (unpaired) electrons. The summed E-state index contributed by atoms with van der Waals surface area (Å²) in [4.78, 5) is 22.5. The number of esters is 1. The van der Waals surface area contributed by atoms with Crippen molar-refractivity contribution in [3.05, 3.63) is 0 Å². The first kappa shape index (κ1) is 11.4. The number of carbonyl (C=O) groups is 2. The van der Waals surface area contributed by atoms with Crippen LogP contribution in [-0.2, 0) is 19.1 Å². The summed E-state index contributed by atoms with van der Waals surface area (Å²) < 4.78 is 10.0. The van der Waals surface area contributed by atoms with Gasteiger partial charge in [-0.05, 0) is 19.3 Å². The molecule has 2 fully saturated rings. The van der Waals surface area contributed by atoms with E-state index < -0.39 is 5.97 Å². The van der Waals surface area contributed by atoms with Crippen molar-refractivity contribution >= 4 is 11.9 Å². The zero-order chi connectivity index (χ0) is 11.5. The van der Waals surface area contributed by atoms with Gasteiger partial charge in [-0.15, -0.1) is 0 Å². The van der Waals surface area contributed by atoms with Crippen LogP contribution in [-0.4, -0.2) is 36.4 Å². The van der Waals surface area contributed by atoms with Gasteiger partial charge in [0.1, 0.15) is 12.7 Å². The second-order valence-corrected chi connectivity index (χ2v) is 4.48. The molecular weight excluding hydrogens is 212 g/mol. The minimum Gasteiger partial charge on any atom is -0.481 e. The quantitative estimate of drug-likeness (QED) is 0.569. The molecule has 2 aliphatic rings. The molecule has 1 heterocycles. The summed E-state index contributed by atoms with van der Waals surface area (Å²) in [6.07, 6.45) is 2.69. The summed E-state index contributed by atoms with van der Waals surface area (Å²) in [7, 11) is 0. The van der Waals surface area contributed by atoms with E-state index in [1.807, 2.05) is 0 Å². The molecule has 90 valence electrons. The average Bonchev–Trinajstić information content (AvgIpc) is 3.10. The molecule has 5 heteroatoms. The summed E-state index contributed by atoms with van der Waals surface area (Å²) in [5.41, 5.74) is 0. The van der Waals surface area contributed by atoms with Crippen molar-refractivity contribution in [1.29, 1.82) is 0 Å². The van der Waals surface area contributed by atoms with Crippen molar-refractivity contribution in [2.45, 2.75) is 31.8 Å². The summed E-state index contributed by atoms with van der Waals surface area (Å²) >= 11 is 0. The lowest BCUT2D eigenvalue weighted by Crippen LogP contribution is -2.29. The minimum absolute atomic E-state index is 0.0720. The Balaban J connectivity index is 1.78. The fourth-order valence-corrected chi connectivity index (χ4v) is 2.09. The van der Waals surface area contributed by atoms with Gasteiger partial charge in [-0.25, -0.2) is 0 Å². The smallest absolute Gasteiger partial charge is 0.309 e. The van der Waals surface area contributed by atoms with E-state index in [9.17, 15) is 9.59 Å². The van der Waals surface area contributed by atoms with Gasteiger partial charge in [0, 0.05) is 0 Å². The van der Waals surface area contributed by atoms with Crippen LogP contribution in [0.5, 0.6) is 0 Å². The Bertz CT molecular complexity index is 284. The molecule has 0 aromatic carbocycles. The van der Waals surface area contributed by atoms with Gasteiger partial charge < -0.3 is 14.6 Å². The van der Waals surface area contributed by atoms with Gasteiger partial charge in [0.15, 0.2) is 0 Å². The molecule has 0 spiro atoms. The fourth-order valence-electron chi connectivity index (χ4n) is 2.09. The molecule has 2 rings (SSSR count). The van der Waals surface area contributed by atoms with Gasteiger partial charge in [-0.2, -0.15) is 0 Å². The molecule has 0 aromatic rings. The van der Waals surface area contributed by atoms with E-state index in [0.29, 0.717) is 26.1 Å². The van der Waals surface area contributed by atoms with Gasteiger partial charge in [0.05, 0.1) is 18.4 Å². The highest BCUT2D eigenvalue weighted by Crippen LogP contribution is 2.30. The standard InChI is InChI=1S/C11H16O5/c12-10(13)7-2-1-3-8(4-7)11(14)16-6-9-5-15-9/h7-9H,1-6H2,(H,12,13). The van der Waals surface area contributed by atoms with Crippen molar-refractivity contribution < 1.29 is 24.2 Å². The number of rotatable bonds is 4. The SMILES string of the molecule is O=C(O)C1CCCC(C(=O)OCC2CO2)C1. The number of carboxylic acids is 1. The van der Waals surface area contributed by atoms with E-state index in [1.54, 1.807) is 0 Å². The van der Waals surface area contributed by atoms with Crippen molar-refractivity contribution in [1.82, 2.24) is 0 Å². The Morgan fingerprint density at radius 3 is 2.62 bits per heavy atom. The van der Waals surface area contributed by atoms with E-state index in [2.05, 4.69) is 0 Å². The number of epoxide rings is 1. The highest BCUT2D eigenvalue weighted by molar-refractivity contribution is 5.75. The van der Waals surface area contributed by atoms with Gasteiger partial charge in [0.25, 0.3) is 0 Å². The van der Waals surface area contributed by atoms with Crippen molar-refractivity contribution in [2.75, 3.05) is 13.2 Å². The third-order valence-corrected chi connectivity index (χ3v) is 3.17. The van der Waals surface area contributed by atoms with Gasteiger partial charge in [-0.1, -0.05) is 6.42 Å². The lowest BCUT2D eigenvalue weighted by molar-refractivity contribution is -0.152. The number of carboxylic acid groups (broad SMARTS) is 1. The molecule has 1 saturated heterocycles. The number of ether oxygens (including phenoxy) is 2. The van der Waals surface area contributed by atoms with E-state index in [-0.39, 0.29) is 23.9 Å². The molecule has 1 N–H and O–H groups in total. The third-order valence-electron chi connectivity index (χ3n) is 3.17. The van der Waals surface area contributed by atoms with Crippen LogP contribution in [0.25, 0.3) is 0 Å². The summed E-state index contributed by atoms with van der Waals surface area (Å²) in [6.45, 7) is 0.975. The lowest BCUT2D eigenvalue weighted by atomic mass is 9.81. The number of carbonyl (C=O) groups excluding carboxylic acids is 1. The minimum atomic E-state index is -0.803.